The van der Waals surface area contributed by atoms with Crippen molar-refractivity contribution < 1.29 is 4.79 Å². The van der Waals surface area contributed by atoms with Crippen molar-refractivity contribution in [3.05, 3.63) is 11.1 Å². The largest absolute Gasteiger partial charge is 0.370 e. The fraction of sp³-hybridized carbons (Fsp3) is 0.583. The average molecular weight is 283 g/mol. The summed E-state index contributed by atoms with van der Waals surface area (Å²) in [5.74, 6) is 0.372. The van der Waals surface area contributed by atoms with Crippen LogP contribution in [0.15, 0.2) is 10.4 Å². The molecule has 7 heteroatoms. The zero-order valence-electron chi connectivity index (χ0n) is 11.4. The zero-order valence-corrected chi connectivity index (χ0v) is 12.2. The topological polar surface area (TPSA) is 92.4 Å². The van der Waals surface area contributed by atoms with Gasteiger partial charge < -0.3 is 16.4 Å². The second-order valence-electron chi connectivity index (χ2n) is 4.12. The summed E-state index contributed by atoms with van der Waals surface area (Å²) in [5.41, 5.74) is 6.68. The molecule has 4 N–H and O–H groups in total. The molecule has 1 heterocycles. The molecule has 0 unspecified atom stereocenters. The van der Waals surface area contributed by atoms with E-state index in [-0.39, 0.29) is 5.91 Å². The summed E-state index contributed by atoms with van der Waals surface area (Å²) in [6, 6.07) is 0. The monoisotopic (exact) mass is 283 g/mol. The number of aliphatic imine (C=N–C) groups is 1. The van der Waals surface area contributed by atoms with Crippen molar-refractivity contribution in [3.63, 3.8) is 0 Å². The van der Waals surface area contributed by atoms with Gasteiger partial charge in [-0.05, 0) is 6.42 Å². The van der Waals surface area contributed by atoms with Gasteiger partial charge in [0.05, 0.1) is 5.69 Å². The highest BCUT2D eigenvalue weighted by molar-refractivity contribution is 7.13. The van der Waals surface area contributed by atoms with E-state index >= 15 is 0 Å². The first-order valence-electron chi connectivity index (χ1n) is 6.37. The number of nitrogens with one attached hydrogen (secondary N) is 2. The third-order valence-corrected chi connectivity index (χ3v) is 3.14. The highest BCUT2D eigenvalue weighted by Crippen LogP contribution is 2.15. The first-order chi connectivity index (χ1) is 9.11. The third-order valence-electron chi connectivity index (χ3n) is 2.34. The Morgan fingerprint density at radius 3 is 3.05 bits per heavy atom. The van der Waals surface area contributed by atoms with Gasteiger partial charge in [-0.3, -0.25) is 9.79 Å². The van der Waals surface area contributed by atoms with Crippen LogP contribution < -0.4 is 16.4 Å². The minimum atomic E-state index is -0.0270. The number of unbranched alkanes of at least 4 members (excludes halogenated alkanes) is 1. The number of carbonyl (C=O) groups is 1. The number of nitrogens with zero attached hydrogens (tertiary/aromatic N) is 2. The minimum Gasteiger partial charge on any atom is -0.370 e. The lowest BCUT2D eigenvalue weighted by molar-refractivity contribution is -0.118. The van der Waals surface area contributed by atoms with Crippen LogP contribution in [0, 0.1) is 0 Å². The molecule has 1 aromatic rings. The van der Waals surface area contributed by atoms with E-state index in [4.69, 9.17) is 5.73 Å². The molecule has 0 saturated carbocycles. The standard InChI is InChI=1S/C12H21N5OS/c1-3-4-6-15-11(13)17-12-16-10(8-19-12)5-7-14-9(2)18/h8H,3-7H2,1-2H3,(H,14,18)(H3,13,15,16,17). The highest BCUT2D eigenvalue weighted by atomic mass is 32.1. The van der Waals surface area contributed by atoms with Crippen molar-refractivity contribution in [3.8, 4) is 0 Å². The van der Waals surface area contributed by atoms with Crippen LogP contribution in [0.1, 0.15) is 32.4 Å². The van der Waals surface area contributed by atoms with Crippen molar-refractivity contribution in [1.29, 1.82) is 0 Å². The van der Waals surface area contributed by atoms with Crippen LogP contribution in [0.2, 0.25) is 0 Å². The SMILES string of the molecule is CCCCN=C(N)Nc1nc(CCNC(C)=O)cs1. The Kier molecular flexibility index (Phi) is 6.88. The normalized spacial score (nSPS) is 11.4. The van der Waals surface area contributed by atoms with Crippen LogP contribution in [-0.2, 0) is 11.2 Å². The van der Waals surface area contributed by atoms with Crippen LogP contribution in [0.25, 0.3) is 0 Å². The Balaban J connectivity index is 2.37. The molecule has 1 amide bonds. The molecular formula is C12H21N5OS. The second-order valence-corrected chi connectivity index (χ2v) is 4.98. The van der Waals surface area contributed by atoms with Crippen LogP contribution >= 0.6 is 11.3 Å². The van der Waals surface area contributed by atoms with E-state index in [0.717, 1.165) is 30.2 Å². The molecule has 6 nitrogen and oxygen atoms in total. The Hall–Kier alpha value is -1.63. The molecule has 0 aliphatic carbocycles. The number of carbonyl (C=O) groups excluding carboxylic acids is 1. The summed E-state index contributed by atoms with van der Waals surface area (Å²) in [4.78, 5) is 19.3. The Morgan fingerprint density at radius 2 is 2.37 bits per heavy atom. The molecule has 19 heavy (non-hydrogen) atoms. The maximum atomic E-state index is 10.7. The summed E-state index contributed by atoms with van der Waals surface area (Å²) in [5, 5.41) is 8.38. The number of aromatic nitrogens is 1. The lowest BCUT2D eigenvalue weighted by Gasteiger charge is -2.01. The average Bonchev–Trinajstić information content (AvgIpc) is 2.76. The highest BCUT2D eigenvalue weighted by Gasteiger charge is 2.03. The molecule has 0 radical (unpaired) electrons. The number of guanidine groups is 1. The van der Waals surface area contributed by atoms with Crippen molar-refractivity contribution in [2.24, 2.45) is 10.7 Å². The van der Waals surface area contributed by atoms with E-state index in [0.29, 0.717) is 18.9 Å². The molecule has 1 rings (SSSR count). The summed E-state index contributed by atoms with van der Waals surface area (Å²) < 4.78 is 0. The maximum Gasteiger partial charge on any atom is 0.216 e. The third kappa shape index (κ3) is 6.76. The fourth-order valence-corrected chi connectivity index (χ4v) is 2.10. The predicted octanol–water partition coefficient (Wildman–Crippen LogP) is 1.35. The maximum absolute atomic E-state index is 10.7. The van der Waals surface area contributed by atoms with Gasteiger partial charge in [-0.15, -0.1) is 11.3 Å². The van der Waals surface area contributed by atoms with Crippen LogP contribution in [0.5, 0.6) is 0 Å². The van der Waals surface area contributed by atoms with Crippen LogP contribution in [0.4, 0.5) is 5.13 Å². The molecule has 0 spiro atoms. The Bertz CT molecular complexity index is 430. The van der Waals surface area contributed by atoms with E-state index in [2.05, 4.69) is 27.5 Å². The van der Waals surface area contributed by atoms with Gasteiger partial charge in [0.1, 0.15) is 0 Å². The molecule has 0 atom stereocenters. The number of anilines is 1. The van der Waals surface area contributed by atoms with Gasteiger partial charge in [-0.1, -0.05) is 13.3 Å². The summed E-state index contributed by atoms with van der Waals surface area (Å²) >= 11 is 1.48. The fourth-order valence-electron chi connectivity index (χ4n) is 1.35. The molecule has 0 bridgehead atoms. The van der Waals surface area contributed by atoms with E-state index in [1.807, 2.05) is 5.38 Å². The van der Waals surface area contributed by atoms with Crippen LogP contribution in [0.3, 0.4) is 0 Å². The first-order valence-corrected chi connectivity index (χ1v) is 7.25. The second kappa shape index (κ2) is 8.47. The van der Waals surface area contributed by atoms with Gasteiger partial charge in [0.25, 0.3) is 0 Å². The molecule has 0 aliphatic rings. The summed E-state index contributed by atoms with van der Waals surface area (Å²) in [6.45, 7) is 4.94. The van der Waals surface area contributed by atoms with Gasteiger partial charge in [-0.2, -0.15) is 0 Å². The van der Waals surface area contributed by atoms with Gasteiger partial charge >= 0.3 is 0 Å². The van der Waals surface area contributed by atoms with Gasteiger partial charge in [0.2, 0.25) is 5.91 Å². The molecule has 0 saturated heterocycles. The van der Waals surface area contributed by atoms with E-state index in [1.54, 1.807) is 0 Å². The number of hydrogen-bond acceptors (Lipinski definition) is 4. The molecule has 0 fully saturated rings. The van der Waals surface area contributed by atoms with E-state index in [1.165, 1.54) is 18.3 Å². The first kappa shape index (κ1) is 15.4. The van der Waals surface area contributed by atoms with E-state index < -0.39 is 0 Å². The number of rotatable bonds is 7. The van der Waals surface area contributed by atoms with E-state index in [9.17, 15) is 4.79 Å². The summed E-state index contributed by atoms with van der Waals surface area (Å²) in [7, 11) is 0. The number of nitrogens with two attached hydrogens (primary N) is 1. The minimum absolute atomic E-state index is 0.0270. The van der Waals surface area contributed by atoms with Crippen LogP contribution in [-0.4, -0.2) is 29.9 Å². The summed E-state index contributed by atoms with van der Waals surface area (Å²) in [6.07, 6.45) is 2.84. The molecule has 1 aromatic heterocycles. The molecule has 106 valence electrons. The van der Waals surface area contributed by atoms with Gasteiger partial charge in [0, 0.05) is 31.8 Å². The number of amides is 1. The van der Waals surface area contributed by atoms with Gasteiger partial charge in [-0.25, -0.2) is 4.98 Å². The predicted molar refractivity (Wildman–Crippen MR) is 79.5 cm³/mol. The molecule has 0 aliphatic heterocycles. The molecular weight excluding hydrogens is 262 g/mol. The Morgan fingerprint density at radius 1 is 1.58 bits per heavy atom. The Labute approximate surface area is 117 Å². The lowest BCUT2D eigenvalue weighted by Crippen LogP contribution is -2.23. The van der Waals surface area contributed by atoms with Crippen molar-refractivity contribution >= 4 is 28.3 Å². The number of hydrogen-bond donors (Lipinski definition) is 3. The van der Waals surface area contributed by atoms with Crippen molar-refractivity contribution in [1.82, 2.24) is 10.3 Å². The number of thiazole rings is 1. The zero-order chi connectivity index (χ0) is 14.1. The quantitative estimate of drug-likeness (QED) is 0.400. The lowest BCUT2D eigenvalue weighted by atomic mass is 10.3. The van der Waals surface area contributed by atoms with Crippen molar-refractivity contribution in [2.45, 2.75) is 33.1 Å². The van der Waals surface area contributed by atoms with Crippen molar-refractivity contribution in [2.75, 3.05) is 18.4 Å². The molecule has 0 aromatic carbocycles. The van der Waals surface area contributed by atoms with Gasteiger partial charge in [0.15, 0.2) is 11.1 Å². The smallest absolute Gasteiger partial charge is 0.216 e.